The summed E-state index contributed by atoms with van der Waals surface area (Å²) in [6, 6.07) is 13.5. The minimum atomic E-state index is 0.783. The Morgan fingerprint density at radius 3 is 1.48 bits per heavy atom. The van der Waals surface area contributed by atoms with Gasteiger partial charge in [0, 0.05) is 11.1 Å². The SMILES string of the molecule is Cc1nc(-c2ccc3c(c2)CCCC3)nc(-c2ccc3c(c2)CCCC3)n1. The fraction of sp³-hybridized carbons (Fsp3) is 0.375. The largest absolute Gasteiger partial charge is 0.213 e. The van der Waals surface area contributed by atoms with E-state index in [0.29, 0.717) is 0 Å². The molecule has 0 atom stereocenters. The lowest BCUT2D eigenvalue weighted by Gasteiger charge is -2.17. The Balaban J connectivity index is 1.55. The van der Waals surface area contributed by atoms with Gasteiger partial charge in [-0.05, 0) is 92.7 Å². The van der Waals surface area contributed by atoms with E-state index in [2.05, 4.69) is 46.4 Å². The zero-order valence-corrected chi connectivity index (χ0v) is 16.0. The van der Waals surface area contributed by atoms with Gasteiger partial charge in [0.05, 0.1) is 0 Å². The predicted molar refractivity (Wildman–Crippen MR) is 109 cm³/mol. The Kier molecular flexibility index (Phi) is 4.23. The summed E-state index contributed by atoms with van der Waals surface area (Å²) in [5, 5.41) is 0. The average molecular weight is 355 g/mol. The molecule has 1 aromatic heterocycles. The van der Waals surface area contributed by atoms with Crippen LogP contribution in [0.15, 0.2) is 36.4 Å². The van der Waals surface area contributed by atoms with E-state index >= 15 is 0 Å². The van der Waals surface area contributed by atoms with Crippen LogP contribution in [0.1, 0.15) is 53.8 Å². The summed E-state index contributed by atoms with van der Waals surface area (Å²) >= 11 is 0. The third-order valence-corrected chi connectivity index (χ3v) is 5.96. The summed E-state index contributed by atoms with van der Waals surface area (Å²) in [6.07, 6.45) is 9.92. The van der Waals surface area contributed by atoms with Gasteiger partial charge in [-0.25, -0.2) is 15.0 Å². The lowest BCUT2D eigenvalue weighted by atomic mass is 9.90. The predicted octanol–water partition coefficient (Wildman–Crippen LogP) is 5.27. The van der Waals surface area contributed by atoms with Crippen molar-refractivity contribution >= 4 is 0 Å². The molecule has 0 fully saturated rings. The van der Waals surface area contributed by atoms with Gasteiger partial charge in [-0.2, -0.15) is 0 Å². The van der Waals surface area contributed by atoms with E-state index in [-0.39, 0.29) is 0 Å². The second kappa shape index (κ2) is 6.88. The van der Waals surface area contributed by atoms with E-state index < -0.39 is 0 Å². The maximum atomic E-state index is 4.85. The van der Waals surface area contributed by atoms with Crippen LogP contribution in [0.3, 0.4) is 0 Å². The highest BCUT2D eigenvalue weighted by atomic mass is 15.0. The molecule has 0 N–H and O–H groups in total. The van der Waals surface area contributed by atoms with E-state index in [9.17, 15) is 0 Å². The Bertz CT molecular complexity index is 929. The van der Waals surface area contributed by atoms with Crippen LogP contribution >= 0.6 is 0 Å². The second-order valence-electron chi connectivity index (χ2n) is 7.91. The van der Waals surface area contributed by atoms with Gasteiger partial charge in [0.15, 0.2) is 11.6 Å². The second-order valence-corrected chi connectivity index (χ2v) is 7.91. The summed E-state index contributed by atoms with van der Waals surface area (Å²) in [7, 11) is 0. The van der Waals surface area contributed by atoms with E-state index in [1.54, 1.807) is 0 Å². The van der Waals surface area contributed by atoms with Crippen LogP contribution in [-0.2, 0) is 25.7 Å². The Labute approximate surface area is 160 Å². The number of nitrogens with zero attached hydrogens (tertiary/aromatic N) is 3. The lowest BCUT2D eigenvalue weighted by Crippen LogP contribution is -2.05. The fourth-order valence-electron chi connectivity index (χ4n) is 4.49. The molecule has 0 radical (unpaired) electrons. The van der Waals surface area contributed by atoms with Gasteiger partial charge in [0.2, 0.25) is 0 Å². The van der Waals surface area contributed by atoms with Crippen LogP contribution in [0.4, 0.5) is 0 Å². The molecule has 3 aromatic rings. The van der Waals surface area contributed by atoms with Crippen LogP contribution in [0, 0.1) is 6.92 Å². The third-order valence-electron chi connectivity index (χ3n) is 5.96. The highest BCUT2D eigenvalue weighted by molar-refractivity contribution is 5.63. The number of aryl methyl sites for hydroxylation is 5. The van der Waals surface area contributed by atoms with Crippen molar-refractivity contribution in [3.05, 3.63) is 64.5 Å². The highest BCUT2D eigenvalue weighted by Crippen LogP contribution is 2.29. The first-order valence-corrected chi connectivity index (χ1v) is 10.2. The fourth-order valence-corrected chi connectivity index (χ4v) is 4.49. The molecule has 0 saturated carbocycles. The molecule has 0 bridgehead atoms. The summed E-state index contributed by atoms with van der Waals surface area (Å²) in [5.74, 6) is 2.37. The molecule has 136 valence electrons. The summed E-state index contributed by atoms with van der Waals surface area (Å²) in [5.41, 5.74) is 8.14. The number of benzene rings is 2. The summed E-state index contributed by atoms with van der Waals surface area (Å²) in [6.45, 7) is 1.96. The van der Waals surface area contributed by atoms with Gasteiger partial charge >= 0.3 is 0 Å². The van der Waals surface area contributed by atoms with Crippen molar-refractivity contribution in [3.8, 4) is 22.8 Å². The monoisotopic (exact) mass is 355 g/mol. The van der Waals surface area contributed by atoms with Crippen LogP contribution in [0.5, 0.6) is 0 Å². The van der Waals surface area contributed by atoms with Crippen molar-refractivity contribution in [1.82, 2.24) is 15.0 Å². The number of hydrogen-bond donors (Lipinski definition) is 0. The standard InChI is InChI=1S/C24H25N3/c1-16-25-23(21-12-10-17-6-2-4-8-19(17)14-21)27-24(26-16)22-13-11-18-7-3-5-9-20(18)15-22/h10-15H,2-9H2,1H3. The normalized spacial score (nSPS) is 15.9. The number of aromatic nitrogens is 3. The van der Waals surface area contributed by atoms with Gasteiger partial charge < -0.3 is 0 Å². The molecule has 0 spiro atoms. The zero-order chi connectivity index (χ0) is 18.2. The minimum Gasteiger partial charge on any atom is -0.213 e. The molecule has 5 rings (SSSR count). The van der Waals surface area contributed by atoms with Crippen molar-refractivity contribution in [1.29, 1.82) is 0 Å². The van der Waals surface area contributed by atoms with Crippen molar-refractivity contribution < 1.29 is 0 Å². The molecular formula is C24H25N3. The van der Waals surface area contributed by atoms with Gasteiger partial charge in [-0.3, -0.25) is 0 Å². The first-order valence-electron chi connectivity index (χ1n) is 10.2. The lowest BCUT2D eigenvalue weighted by molar-refractivity contribution is 0.685. The minimum absolute atomic E-state index is 0.783. The van der Waals surface area contributed by atoms with Crippen molar-refractivity contribution in [2.75, 3.05) is 0 Å². The van der Waals surface area contributed by atoms with E-state index in [4.69, 9.17) is 4.98 Å². The average Bonchev–Trinajstić information content (AvgIpc) is 2.72. The maximum Gasteiger partial charge on any atom is 0.163 e. The molecule has 2 aliphatic carbocycles. The van der Waals surface area contributed by atoms with E-state index in [0.717, 1.165) is 28.6 Å². The topological polar surface area (TPSA) is 38.7 Å². The first kappa shape index (κ1) is 16.6. The molecular weight excluding hydrogens is 330 g/mol. The number of fused-ring (bicyclic) bond motifs is 2. The Morgan fingerprint density at radius 2 is 1.00 bits per heavy atom. The van der Waals surface area contributed by atoms with E-state index in [1.807, 2.05) is 6.92 Å². The molecule has 3 nitrogen and oxygen atoms in total. The maximum absolute atomic E-state index is 4.85. The quantitative estimate of drug-likeness (QED) is 0.628. The molecule has 27 heavy (non-hydrogen) atoms. The molecule has 1 heterocycles. The van der Waals surface area contributed by atoms with Crippen molar-refractivity contribution in [2.24, 2.45) is 0 Å². The van der Waals surface area contributed by atoms with Crippen molar-refractivity contribution in [3.63, 3.8) is 0 Å². The molecule has 0 unspecified atom stereocenters. The molecule has 0 aliphatic heterocycles. The van der Waals surface area contributed by atoms with Crippen LogP contribution in [-0.4, -0.2) is 15.0 Å². The number of rotatable bonds is 2. The number of hydrogen-bond acceptors (Lipinski definition) is 3. The van der Waals surface area contributed by atoms with Gasteiger partial charge in [-0.15, -0.1) is 0 Å². The third kappa shape index (κ3) is 3.27. The summed E-state index contributed by atoms with van der Waals surface area (Å²) in [4.78, 5) is 14.1. The molecule has 0 saturated heterocycles. The van der Waals surface area contributed by atoms with Gasteiger partial charge in [0.25, 0.3) is 0 Å². The smallest absolute Gasteiger partial charge is 0.163 e. The first-order chi connectivity index (χ1) is 13.3. The van der Waals surface area contributed by atoms with E-state index in [1.165, 1.54) is 73.6 Å². The Morgan fingerprint density at radius 1 is 0.556 bits per heavy atom. The van der Waals surface area contributed by atoms with Crippen LogP contribution < -0.4 is 0 Å². The van der Waals surface area contributed by atoms with Crippen LogP contribution in [0.2, 0.25) is 0 Å². The van der Waals surface area contributed by atoms with Gasteiger partial charge in [0.1, 0.15) is 5.82 Å². The Hall–Kier alpha value is -2.55. The molecule has 2 aliphatic rings. The summed E-state index contributed by atoms with van der Waals surface area (Å²) < 4.78 is 0. The van der Waals surface area contributed by atoms with Crippen LogP contribution in [0.25, 0.3) is 22.8 Å². The highest BCUT2D eigenvalue weighted by Gasteiger charge is 2.15. The van der Waals surface area contributed by atoms with Gasteiger partial charge in [-0.1, -0.05) is 24.3 Å². The molecule has 0 amide bonds. The zero-order valence-electron chi connectivity index (χ0n) is 16.0. The molecule has 3 heteroatoms. The molecule has 2 aromatic carbocycles. The van der Waals surface area contributed by atoms with Crippen molar-refractivity contribution in [2.45, 2.75) is 58.3 Å².